The van der Waals surface area contributed by atoms with Crippen molar-refractivity contribution in [1.29, 1.82) is 0 Å². The molecule has 0 unspecified atom stereocenters. The van der Waals surface area contributed by atoms with Crippen LogP contribution in [-0.2, 0) is 13.0 Å². The van der Waals surface area contributed by atoms with Gasteiger partial charge in [0, 0.05) is 18.0 Å². The fourth-order valence-electron chi connectivity index (χ4n) is 2.88. The third-order valence-electron chi connectivity index (χ3n) is 4.20. The van der Waals surface area contributed by atoms with E-state index in [9.17, 15) is 9.59 Å². The van der Waals surface area contributed by atoms with Gasteiger partial charge in [-0.25, -0.2) is 0 Å². The molecule has 0 aliphatic carbocycles. The molecule has 0 saturated heterocycles. The van der Waals surface area contributed by atoms with E-state index in [4.69, 9.17) is 11.6 Å². The quantitative estimate of drug-likeness (QED) is 0.646. The molecule has 4 rings (SSSR count). The predicted octanol–water partition coefficient (Wildman–Crippen LogP) is 2.21. The lowest BCUT2D eigenvalue weighted by molar-refractivity contribution is 0.0655. The van der Waals surface area contributed by atoms with Crippen molar-refractivity contribution >= 4 is 23.4 Å². The van der Waals surface area contributed by atoms with Crippen LogP contribution in [0.5, 0.6) is 0 Å². The summed E-state index contributed by atoms with van der Waals surface area (Å²) in [4.78, 5) is 27.3. The molecule has 26 heavy (non-hydrogen) atoms. The Morgan fingerprint density at radius 2 is 1.58 bits per heavy atom. The summed E-state index contributed by atoms with van der Waals surface area (Å²) in [5.74, 6) is -0.100. The number of rotatable bonds is 5. The van der Waals surface area contributed by atoms with Crippen LogP contribution in [0.25, 0.3) is 0 Å². The SMILES string of the molecule is O=C1c2ccccc2C(=O)N1CCc1nnn(Cc2ccccc2Cl)n1. The van der Waals surface area contributed by atoms with E-state index in [1.54, 1.807) is 30.3 Å². The van der Waals surface area contributed by atoms with E-state index in [-0.39, 0.29) is 18.4 Å². The first-order valence-corrected chi connectivity index (χ1v) is 8.46. The lowest BCUT2D eigenvalue weighted by atomic mass is 10.1. The number of benzene rings is 2. The van der Waals surface area contributed by atoms with Crippen molar-refractivity contribution in [3.05, 3.63) is 76.1 Å². The number of amides is 2. The molecule has 2 amide bonds. The molecule has 2 aromatic carbocycles. The lowest BCUT2D eigenvalue weighted by Crippen LogP contribution is -2.32. The van der Waals surface area contributed by atoms with Crippen LogP contribution in [0.15, 0.2) is 48.5 Å². The molecule has 0 saturated carbocycles. The van der Waals surface area contributed by atoms with Crippen LogP contribution >= 0.6 is 11.6 Å². The topological polar surface area (TPSA) is 81.0 Å². The van der Waals surface area contributed by atoms with Gasteiger partial charge in [0.1, 0.15) is 0 Å². The number of nitrogens with zero attached hydrogens (tertiary/aromatic N) is 5. The molecule has 3 aromatic rings. The molecule has 0 radical (unpaired) electrons. The zero-order chi connectivity index (χ0) is 18.1. The first-order valence-electron chi connectivity index (χ1n) is 8.09. The summed E-state index contributed by atoms with van der Waals surface area (Å²) < 4.78 is 0. The second-order valence-electron chi connectivity index (χ2n) is 5.89. The van der Waals surface area contributed by atoms with E-state index < -0.39 is 0 Å². The van der Waals surface area contributed by atoms with Gasteiger partial charge < -0.3 is 0 Å². The Labute approximate surface area is 154 Å². The van der Waals surface area contributed by atoms with Crippen molar-refractivity contribution in [2.24, 2.45) is 0 Å². The molecule has 0 fully saturated rings. The number of aromatic nitrogens is 4. The number of hydrogen-bond acceptors (Lipinski definition) is 5. The second kappa shape index (κ2) is 6.68. The first kappa shape index (κ1) is 16.4. The van der Waals surface area contributed by atoms with Crippen LogP contribution < -0.4 is 0 Å². The lowest BCUT2D eigenvalue weighted by Gasteiger charge is -2.11. The third kappa shape index (κ3) is 2.97. The van der Waals surface area contributed by atoms with Crippen LogP contribution in [0.4, 0.5) is 0 Å². The first-order chi connectivity index (χ1) is 12.6. The van der Waals surface area contributed by atoms with Gasteiger partial charge in [-0.15, -0.1) is 10.2 Å². The monoisotopic (exact) mass is 367 g/mol. The Bertz CT molecular complexity index is 966. The molecule has 1 aliphatic rings. The highest BCUT2D eigenvalue weighted by atomic mass is 35.5. The molecule has 8 heteroatoms. The van der Waals surface area contributed by atoms with Gasteiger partial charge in [-0.2, -0.15) is 4.80 Å². The van der Waals surface area contributed by atoms with Gasteiger partial charge in [0.15, 0.2) is 5.82 Å². The number of imide groups is 1. The Morgan fingerprint density at radius 1 is 0.923 bits per heavy atom. The van der Waals surface area contributed by atoms with Crippen molar-refractivity contribution in [1.82, 2.24) is 25.1 Å². The van der Waals surface area contributed by atoms with E-state index >= 15 is 0 Å². The van der Waals surface area contributed by atoms with E-state index in [0.717, 1.165) is 5.56 Å². The van der Waals surface area contributed by atoms with Gasteiger partial charge in [-0.05, 0) is 29.0 Å². The summed E-state index contributed by atoms with van der Waals surface area (Å²) in [6.45, 7) is 0.615. The van der Waals surface area contributed by atoms with Gasteiger partial charge in [0.25, 0.3) is 11.8 Å². The van der Waals surface area contributed by atoms with E-state index in [1.165, 1.54) is 9.70 Å². The molecule has 1 aromatic heterocycles. The summed E-state index contributed by atoms with van der Waals surface area (Å²) in [5.41, 5.74) is 1.76. The second-order valence-corrected chi connectivity index (χ2v) is 6.29. The smallest absolute Gasteiger partial charge is 0.261 e. The Kier molecular flexibility index (Phi) is 4.22. The highest BCUT2D eigenvalue weighted by Crippen LogP contribution is 2.22. The standard InChI is InChI=1S/C18H14ClN5O2/c19-15-8-4-1-5-12(15)11-24-21-16(20-22-24)9-10-23-17(25)13-6-2-3-7-14(13)18(23)26/h1-8H,9-11H2. The highest BCUT2D eigenvalue weighted by Gasteiger charge is 2.34. The molecular formula is C18H14ClN5O2. The fraction of sp³-hybridized carbons (Fsp3) is 0.167. The zero-order valence-corrected chi connectivity index (χ0v) is 14.4. The molecule has 0 spiro atoms. The number of fused-ring (bicyclic) bond motifs is 1. The molecule has 0 bridgehead atoms. The van der Waals surface area contributed by atoms with Gasteiger partial charge in [-0.3, -0.25) is 14.5 Å². The van der Waals surface area contributed by atoms with Crippen molar-refractivity contribution < 1.29 is 9.59 Å². The summed E-state index contributed by atoms with van der Waals surface area (Å²) in [7, 11) is 0. The number of carbonyl (C=O) groups is 2. The van der Waals surface area contributed by atoms with E-state index in [1.807, 2.05) is 18.2 Å². The number of hydrogen-bond donors (Lipinski definition) is 0. The number of halogens is 1. The van der Waals surface area contributed by atoms with Gasteiger partial charge in [0.2, 0.25) is 0 Å². The largest absolute Gasteiger partial charge is 0.274 e. The minimum absolute atomic E-state index is 0.212. The van der Waals surface area contributed by atoms with E-state index in [2.05, 4.69) is 15.4 Å². The molecule has 130 valence electrons. The molecule has 2 heterocycles. The Morgan fingerprint density at radius 3 is 2.27 bits per heavy atom. The summed E-state index contributed by atoms with van der Waals surface area (Å²) >= 11 is 6.13. The van der Waals surface area contributed by atoms with E-state index in [0.29, 0.717) is 34.9 Å². The summed E-state index contributed by atoms with van der Waals surface area (Å²) in [6, 6.07) is 14.3. The van der Waals surface area contributed by atoms with Crippen LogP contribution in [0.3, 0.4) is 0 Å². The molecule has 7 nitrogen and oxygen atoms in total. The number of carbonyl (C=O) groups excluding carboxylic acids is 2. The summed E-state index contributed by atoms with van der Waals surface area (Å²) in [6.07, 6.45) is 0.341. The van der Waals surface area contributed by atoms with Crippen molar-refractivity contribution in [2.75, 3.05) is 6.54 Å². The summed E-state index contributed by atoms with van der Waals surface area (Å²) in [5, 5.41) is 12.9. The Balaban J connectivity index is 1.42. The van der Waals surface area contributed by atoms with Crippen molar-refractivity contribution in [2.45, 2.75) is 13.0 Å². The van der Waals surface area contributed by atoms with Gasteiger partial charge in [-0.1, -0.05) is 41.9 Å². The molecule has 1 aliphatic heterocycles. The minimum Gasteiger partial charge on any atom is -0.274 e. The van der Waals surface area contributed by atoms with Crippen LogP contribution in [-0.4, -0.2) is 43.5 Å². The maximum Gasteiger partial charge on any atom is 0.261 e. The molecule has 0 atom stereocenters. The maximum absolute atomic E-state index is 12.3. The molecular weight excluding hydrogens is 354 g/mol. The Hall–Kier alpha value is -3.06. The minimum atomic E-state index is -0.283. The van der Waals surface area contributed by atoms with Crippen molar-refractivity contribution in [3.8, 4) is 0 Å². The maximum atomic E-state index is 12.3. The highest BCUT2D eigenvalue weighted by molar-refractivity contribution is 6.31. The normalized spacial score (nSPS) is 13.3. The predicted molar refractivity (Wildman–Crippen MR) is 93.9 cm³/mol. The van der Waals surface area contributed by atoms with Crippen molar-refractivity contribution in [3.63, 3.8) is 0 Å². The van der Waals surface area contributed by atoms with Crippen LogP contribution in [0, 0.1) is 0 Å². The molecule has 0 N–H and O–H groups in total. The number of tetrazole rings is 1. The van der Waals surface area contributed by atoms with Crippen LogP contribution in [0.2, 0.25) is 5.02 Å². The fourth-order valence-corrected chi connectivity index (χ4v) is 3.07. The third-order valence-corrected chi connectivity index (χ3v) is 4.57. The average molecular weight is 368 g/mol. The van der Waals surface area contributed by atoms with Crippen LogP contribution in [0.1, 0.15) is 32.1 Å². The zero-order valence-electron chi connectivity index (χ0n) is 13.7. The van der Waals surface area contributed by atoms with Gasteiger partial charge >= 0.3 is 0 Å². The van der Waals surface area contributed by atoms with Gasteiger partial charge in [0.05, 0.1) is 17.7 Å². The average Bonchev–Trinajstić information content (AvgIpc) is 3.19.